The molecular formula is C18H23N5O. The highest BCUT2D eigenvalue weighted by molar-refractivity contribution is 6.03. The van der Waals surface area contributed by atoms with Crippen molar-refractivity contribution in [3.63, 3.8) is 0 Å². The molecule has 1 aromatic carbocycles. The Balaban J connectivity index is 1.65. The zero-order valence-electron chi connectivity index (χ0n) is 14.1. The lowest BCUT2D eigenvalue weighted by Crippen LogP contribution is -2.19. The van der Waals surface area contributed by atoms with Crippen molar-refractivity contribution in [2.24, 2.45) is 0 Å². The Morgan fingerprint density at radius 3 is 2.50 bits per heavy atom. The monoisotopic (exact) mass is 325 g/mol. The highest BCUT2D eigenvalue weighted by Crippen LogP contribution is 2.21. The third kappa shape index (κ3) is 4.01. The van der Waals surface area contributed by atoms with Crippen molar-refractivity contribution in [2.75, 3.05) is 29.6 Å². The van der Waals surface area contributed by atoms with Gasteiger partial charge in [-0.25, -0.2) is 9.97 Å². The molecule has 1 aliphatic rings. The summed E-state index contributed by atoms with van der Waals surface area (Å²) in [6.45, 7) is 0. The number of amides is 1. The number of benzene rings is 1. The van der Waals surface area contributed by atoms with Crippen LogP contribution in [0.5, 0.6) is 0 Å². The van der Waals surface area contributed by atoms with Crippen LogP contribution in [0.1, 0.15) is 36.2 Å². The van der Waals surface area contributed by atoms with Crippen molar-refractivity contribution < 1.29 is 4.79 Å². The van der Waals surface area contributed by atoms with Gasteiger partial charge in [-0.2, -0.15) is 0 Å². The molecule has 0 atom stereocenters. The third-order valence-corrected chi connectivity index (χ3v) is 4.22. The number of nitrogens with one attached hydrogen (secondary N) is 2. The highest BCUT2D eigenvalue weighted by atomic mass is 16.1. The topological polar surface area (TPSA) is 70.2 Å². The van der Waals surface area contributed by atoms with Gasteiger partial charge in [-0.3, -0.25) is 4.79 Å². The molecule has 1 aromatic heterocycles. The summed E-state index contributed by atoms with van der Waals surface area (Å²) in [5.74, 6) is 0.294. The Hall–Kier alpha value is -2.63. The number of rotatable bonds is 5. The number of nitrogens with zero attached hydrogens (tertiary/aromatic N) is 3. The van der Waals surface area contributed by atoms with Crippen molar-refractivity contribution in [1.29, 1.82) is 0 Å². The van der Waals surface area contributed by atoms with Gasteiger partial charge in [0, 0.05) is 37.7 Å². The van der Waals surface area contributed by atoms with E-state index in [-0.39, 0.29) is 5.91 Å². The second kappa shape index (κ2) is 7.29. The van der Waals surface area contributed by atoms with E-state index in [9.17, 15) is 4.79 Å². The molecular weight excluding hydrogens is 302 g/mol. The Bertz CT molecular complexity index is 693. The van der Waals surface area contributed by atoms with Crippen LogP contribution in [0.3, 0.4) is 0 Å². The van der Waals surface area contributed by atoms with Gasteiger partial charge < -0.3 is 15.5 Å². The van der Waals surface area contributed by atoms with Gasteiger partial charge in [0.15, 0.2) is 0 Å². The summed E-state index contributed by atoms with van der Waals surface area (Å²) in [5, 5.41) is 6.18. The minimum atomic E-state index is -0.232. The first-order valence-electron chi connectivity index (χ1n) is 8.30. The molecule has 1 fully saturated rings. The Morgan fingerprint density at radius 2 is 1.83 bits per heavy atom. The van der Waals surface area contributed by atoms with Crippen molar-refractivity contribution in [2.45, 2.75) is 31.7 Å². The summed E-state index contributed by atoms with van der Waals surface area (Å²) >= 11 is 0. The quantitative estimate of drug-likeness (QED) is 0.884. The normalized spacial score (nSPS) is 14.4. The maximum atomic E-state index is 12.4. The summed E-state index contributed by atoms with van der Waals surface area (Å²) in [6.07, 6.45) is 6.37. The molecule has 0 unspecified atom stereocenters. The van der Waals surface area contributed by atoms with Gasteiger partial charge in [0.2, 0.25) is 5.95 Å². The summed E-state index contributed by atoms with van der Waals surface area (Å²) < 4.78 is 0. The number of anilines is 3. The maximum Gasteiger partial charge on any atom is 0.274 e. The lowest BCUT2D eigenvalue weighted by atomic mass is 10.2. The predicted octanol–water partition coefficient (Wildman–Crippen LogP) is 3.15. The summed E-state index contributed by atoms with van der Waals surface area (Å²) in [6, 6.07) is 9.73. The van der Waals surface area contributed by atoms with Crippen LogP contribution >= 0.6 is 0 Å². The van der Waals surface area contributed by atoms with E-state index >= 15 is 0 Å². The van der Waals surface area contributed by atoms with Crippen LogP contribution in [0.15, 0.2) is 36.5 Å². The lowest BCUT2D eigenvalue weighted by Gasteiger charge is -2.13. The molecule has 2 aromatic rings. The van der Waals surface area contributed by atoms with Crippen molar-refractivity contribution in [3.8, 4) is 0 Å². The van der Waals surface area contributed by atoms with Gasteiger partial charge in [0.25, 0.3) is 5.91 Å². The first-order valence-corrected chi connectivity index (χ1v) is 8.30. The molecule has 0 radical (unpaired) electrons. The van der Waals surface area contributed by atoms with Gasteiger partial charge >= 0.3 is 0 Å². The molecule has 1 amide bonds. The summed E-state index contributed by atoms with van der Waals surface area (Å²) in [4.78, 5) is 22.9. The van der Waals surface area contributed by atoms with E-state index in [0.717, 1.165) is 24.2 Å². The van der Waals surface area contributed by atoms with Crippen LogP contribution in [0.4, 0.5) is 17.3 Å². The zero-order chi connectivity index (χ0) is 16.9. The fourth-order valence-corrected chi connectivity index (χ4v) is 2.85. The minimum Gasteiger partial charge on any atom is -0.378 e. The second-order valence-electron chi connectivity index (χ2n) is 6.29. The van der Waals surface area contributed by atoms with Gasteiger partial charge in [-0.15, -0.1) is 0 Å². The van der Waals surface area contributed by atoms with Crippen LogP contribution in [0.25, 0.3) is 0 Å². The molecule has 6 heteroatoms. The van der Waals surface area contributed by atoms with Gasteiger partial charge in [-0.05, 0) is 43.2 Å². The largest absolute Gasteiger partial charge is 0.378 e. The van der Waals surface area contributed by atoms with E-state index in [1.807, 2.05) is 43.3 Å². The van der Waals surface area contributed by atoms with Gasteiger partial charge in [0.05, 0.1) is 0 Å². The molecule has 126 valence electrons. The molecule has 6 nitrogen and oxygen atoms in total. The van der Waals surface area contributed by atoms with E-state index in [1.54, 1.807) is 12.3 Å². The molecule has 0 aliphatic heterocycles. The Morgan fingerprint density at radius 1 is 1.12 bits per heavy atom. The fourth-order valence-electron chi connectivity index (χ4n) is 2.85. The number of carbonyl (C=O) groups excluding carboxylic acids is 1. The second-order valence-corrected chi connectivity index (χ2v) is 6.29. The number of carbonyl (C=O) groups is 1. The molecule has 0 saturated heterocycles. The minimum absolute atomic E-state index is 0.232. The van der Waals surface area contributed by atoms with E-state index in [4.69, 9.17) is 0 Å². The molecule has 3 rings (SSSR count). The van der Waals surface area contributed by atoms with E-state index < -0.39 is 0 Å². The van der Waals surface area contributed by atoms with E-state index in [0.29, 0.717) is 17.7 Å². The molecule has 1 heterocycles. The standard InChI is InChI=1S/C18H23N5O/c1-23(2)15-9-7-14(8-10-15)20-17(24)16-11-12-19-18(22-16)21-13-5-3-4-6-13/h7-13H,3-6H2,1-2H3,(H,20,24)(H,19,21,22). The number of hydrogen-bond donors (Lipinski definition) is 2. The van der Waals surface area contributed by atoms with Crippen LogP contribution in [0.2, 0.25) is 0 Å². The van der Waals surface area contributed by atoms with Crippen LogP contribution in [0, 0.1) is 0 Å². The molecule has 24 heavy (non-hydrogen) atoms. The zero-order valence-corrected chi connectivity index (χ0v) is 14.1. The van der Waals surface area contributed by atoms with E-state index in [1.165, 1.54) is 12.8 Å². The van der Waals surface area contributed by atoms with Crippen LogP contribution < -0.4 is 15.5 Å². The van der Waals surface area contributed by atoms with Crippen LogP contribution in [-0.4, -0.2) is 36.0 Å². The van der Waals surface area contributed by atoms with Gasteiger partial charge in [-0.1, -0.05) is 12.8 Å². The Labute approximate surface area is 142 Å². The molecule has 2 N–H and O–H groups in total. The third-order valence-electron chi connectivity index (χ3n) is 4.22. The van der Waals surface area contributed by atoms with Gasteiger partial charge in [0.1, 0.15) is 5.69 Å². The maximum absolute atomic E-state index is 12.4. The summed E-state index contributed by atoms with van der Waals surface area (Å²) in [5.41, 5.74) is 2.19. The predicted molar refractivity (Wildman–Crippen MR) is 96.6 cm³/mol. The molecule has 1 saturated carbocycles. The average Bonchev–Trinajstić information content (AvgIpc) is 3.08. The van der Waals surface area contributed by atoms with E-state index in [2.05, 4.69) is 20.6 Å². The molecule has 0 spiro atoms. The Kier molecular flexibility index (Phi) is 4.93. The number of hydrogen-bond acceptors (Lipinski definition) is 5. The smallest absolute Gasteiger partial charge is 0.274 e. The highest BCUT2D eigenvalue weighted by Gasteiger charge is 2.16. The molecule has 1 aliphatic carbocycles. The molecule has 0 bridgehead atoms. The first kappa shape index (κ1) is 16.2. The van der Waals surface area contributed by atoms with Crippen LogP contribution in [-0.2, 0) is 0 Å². The van der Waals surface area contributed by atoms with Crippen molar-refractivity contribution >= 4 is 23.2 Å². The van der Waals surface area contributed by atoms with Crippen molar-refractivity contribution in [1.82, 2.24) is 9.97 Å². The summed E-state index contributed by atoms with van der Waals surface area (Å²) in [7, 11) is 3.96. The average molecular weight is 325 g/mol. The lowest BCUT2D eigenvalue weighted by molar-refractivity contribution is 0.102. The number of aromatic nitrogens is 2. The SMILES string of the molecule is CN(C)c1ccc(NC(=O)c2ccnc(NC3CCCC3)n2)cc1. The fraction of sp³-hybridized carbons (Fsp3) is 0.389. The first-order chi connectivity index (χ1) is 11.6. The van der Waals surface area contributed by atoms with Crippen molar-refractivity contribution in [3.05, 3.63) is 42.2 Å².